The van der Waals surface area contributed by atoms with Crippen molar-refractivity contribution in [2.24, 2.45) is 0 Å². The van der Waals surface area contributed by atoms with E-state index in [1.165, 1.54) is 12.8 Å². The monoisotopic (exact) mass is 252 g/mol. The molecule has 1 aromatic rings. The highest BCUT2D eigenvalue weighted by Gasteiger charge is 2.15. The number of hydrogen-bond donors (Lipinski definition) is 0. The molecule has 0 amide bonds. The molecule has 0 bridgehead atoms. The van der Waals surface area contributed by atoms with Crippen molar-refractivity contribution < 1.29 is 4.74 Å². The Morgan fingerprint density at radius 1 is 1.26 bits per heavy atom. The summed E-state index contributed by atoms with van der Waals surface area (Å²) in [7, 11) is 0. The maximum Gasteiger partial charge on any atom is 0.130 e. The van der Waals surface area contributed by atoms with Crippen LogP contribution in [0.1, 0.15) is 36.8 Å². The van der Waals surface area contributed by atoms with Crippen LogP contribution in [0.4, 0.5) is 0 Å². The van der Waals surface area contributed by atoms with Gasteiger partial charge < -0.3 is 4.74 Å². The lowest BCUT2D eigenvalue weighted by atomic mass is 10.1. The zero-order chi connectivity index (χ0) is 13.5. The molecular formula is C16H16N2O. The van der Waals surface area contributed by atoms with Crippen molar-refractivity contribution in [3.63, 3.8) is 0 Å². The van der Waals surface area contributed by atoms with E-state index in [1.807, 2.05) is 36.4 Å². The van der Waals surface area contributed by atoms with E-state index in [9.17, 15) is 0 Å². The predicted octanol–water partition coefficient (Wildman–Crippen LogP) is 3.58. The molecule has 0 radical (unpaired) electrons. The summed E-state index contributed by atoms with van der Waals surface area (Å²) in [6, 6.07) is 11.5. The van der Waals surface area contributed by atoms with Crippen molar-refractivity contribution in [2.75, 3.05) is 0 Å². The minimum Gasteiger partial charge on any atom is -0.374 e. The van der Waals surface area contributed by atoms with Gasteiger partial charge in [-0.15, -0.1) is 0 Å². The average molecular weight is 252 g/mol. The van der Waals surface area contributed by atoms with Crippen molar-refractivity contribution in [1.82, 2.24) is 0 Å². The number of benzene rings is 1. The largest absolute Gasteiger partial charge is 0.374 e. The minimum atomic E-state index is 0.119. The fourth-order valence-corrected chi connectivity index (χ4v) is 2.30. The van der Waals surface area contributed by atoms with Crippen LogP contribution in [-0.4, -0.2) is 6.10 Å². The Kier molecular flexibility index (Phi) is 4.72. The summed E-state index contributed by atoms with van der Waals surface area (Å²) in [6.45, 7) is 0.598. The van der Waals surface area contributed by atoms with Crippen molar-refractivity contribution in [3.05, 3.63) is 41.0 Å². The first-order valence-electron chi connectivity index (χ1n) is 6.54. The number of rotatable bonds is 4. The van der Waals surface area contributed by atoms with Crippen LogP contribution < -0.4 is 0 Å². The van der Waals surface area contributed by atoms with Crippen LogP contribution in [0.15, 0.2) is 29.8 Å². The lowest BCUT2D eigenvalue weighted by molar-refractivity contribution is 0.0457. The Hall–Kier alpha value is -2.10. The van der Waals surface area contributed by atoms with Gasteiger partial charge in [-0.3, -0.25) is 0 Å². The first kappa shape index (κ1) is 13.3. The molecule has 0 unspecified atom stereocenters. The van der Waals surface area contributed by atoms with Crippen LogP contribution in [0, 0.1) is 22.7 Å². The molecule has 0 atom stereocenters. The zero-order valence-corrected chi connectivity index (χ0v) is 10.8. The van der Waals surface area contributed by atoms with Gasteiger partial charge in [-0.2, -0.15) is 10.5 Å². The van der Waals surface area contributed by atoms with Gasteiger partial charge in [0.1, 0.15) is 17.7 Å². The molecule has 3 heteroatoms. The fraction of sp³-hybridized carbons (Fsp3) is 0.375. The molecule has 1 fully saturated rings. The third kappa shape index (κ3) is 3.95. The summed E-state index contributed by atoms with van der Waals surface area (Å²) >= 11 is 0. The summed E-state index contributed by atoms with van der Waals surface area (Å²) < 4.78 is 5.85. The Balaban J connectivity index is 2.01. The maximum atomic E-state index is 8.74. The van der Waals surface area contributed by atoms with E-state index >= 15 is 0 Å². The highest BCUT2D eigenvalue weighted by molar-refractivity contribution is 5.62. The second-order valence-electron chi connectivity index (χ2n) is 4.74. The average Bonchev–Trinajstić information content (AvgIpc) is 2.96. The topological polar surface area (TPSA) is 56.8 Å². The Morgan fingerprint density at radius 2 is 2.00 bits per heavy atom. The SMILES string of the molecule is N#CC(C#N)=Cc1cccc(COC2CCCC2)c1. The standard InChI is InChI=1S/C16H16N2O/c17-10-15(11-18)9-13-4-3-5-14(8-13)12-19-16-6-1-2-7-16/h3-5,8-9,16H,1-2,6-7,12H2. The van der Waals surface area contributed by atoms with E-state index < -0.39 is 0 Å². The molecule has 1 aliphatic carbocycles. The quantitative estimate of drug-likeness (QED) is 0.769. The molecule has 3 nitrogen and oxygen atoms in total. The molecule has 1 aromatic carbocycles. The van der Waals surface area contributed by atoms with E-state index in [2.05, 4.69) is 0 Å². The number of nitriles is 2. The molecule has 0 N–H and O–H groups in total. The Labute approximate surface area is 113 Å². The molecule has 2 rings (SSSR count). The molecule has 0 aromatic heterocycles. The molecule has 0 aliphatic heterocycles. The van der Waals surface area contributed by atoms with Gasteiger partial charge in [-0.1, -0.05) is 31.0 Å². The lowest BCUT2D eigenvalue weighted by Gasteiger charge is -2.11. The van der Waals surface area contributed by atoms with E-state index in [0.29, 0.717) is 12.7 Å². The summed E-state index contributed by atoms with van der Waals surface area (Å²) in [5.74, 6) is 0. The van der Waals surface area contributed by atoms with Gasteiger partial charge in [0.2, 0.25) is 0 Å². The predicted molar refractivity (Wildman–Crippen MR) is 72.7 cm³/mol. The molecule has 0 heterocycles. The van der Waals surface area contributed by atoms with Crippen molar-refractivity contribution in [3.8, 4) is 12.1 Å². The van der Waals surface area contributed by atoms with Gasteiger partial charge >= 0.3 is 0 Å². The van der Waals surface area contributed by atoms with Crippen molar-refractivity contribution in [1.29, 1.82) is 10.5 Å². The molecular weight excluding hydrogens is 236 g/mol. The zero-order valence-electron chi connectivity index (χ0n) is 10.8. The van der Waals surface area contributed by atoms with Gasteiger partial charge in [0.25, 0.3) is 0 Å². The van der Waals surface area contributed by atoms with E-state index in [-0.39, 0.29) is 5.57 Å². The van der Waals surface area contributed by atoms with Crippen LogP contribution in [-0.2, 0) is 11.3 Å². The molecule has 96 valence electrons. The molecule has 19 heavy (non-hydrogen) atoms. The number of hydrogen-bond acceptors (Lipinski definition) is 3. The van der Waals surface area contributed by atoms with Crippen molar-refractivity contribution >= 4 is 6.08 Å². The molecule has 1 saturated carbocycles. The fourth-order valence-electron chi connectivity index (χ4n) is 2.30. The summed E-state index contributed by atoms with van der Waals surface area (Å²) in [5, 5.41) is 17.5. The van der Waals surface area contributed by atoms with Gasteiger partial charge in [-0.25, -0.2) is 0 Å². The first-order chi connectivity index (χ1) is 9.31. The Morgan fingerprint density at radius 3 is 2.68 bits per heavy atom. The van der Waals surface area contributed by atoms with E-state index in [1.54, 1.807) is 6.08 Å². The Bertz CT molecular complexity index is 527. The number of nitrogens with zero attached hydrogens (tertiary/aromatic N) is 2. The van der Waals surface area contributed by atoms with Crippen LogP contribution in [0.5, 0.6) is 0 Å². The molecule has 0 spiro atoms. The second-order valence-corrected chi connectivity index (χ2v) is 4.74. The third-order valence-corrected chi connectivity index (χ3v) is 3.29. The normalized spacial score (nSPS) is 14.6. The van der Waals surface area contributed by atoms with Crippen LogP contribution in [0.3, 0.4) is 0 Å². The van der Waals surface area contributed by atoms with Crippen LogP contribution >= 0.6 is 0 Å². The van der Waals surface area contributed by atoms with Crippen molar-refractivity contribution in [2.45, 2.75) is 38.4 Å². The highest BCUT2D eigenvalue weighted by Crippen LogP contribution is 2.22. The smallest absolute Gasteiger partial charge is 0.130 e. The third-order valence-electron chi connectivity index (χ3n) is 3.29. The highest BCUT2D eigenvalue weighted by atomic mass is 16.5. The van der Waals surface area contributed by atoms with Gasteiger partial charge in [0.15, 0.2) is 0 Å². The van der Waals surface area contributed by atoms with Crippen LogP contribution in [0.2, 0.25) is 0 Å². The number of ether oxygens (including phenoxy) is 1. The summed E-state index contributed by atoms with van der Waals surface area (Å²) in [5.41, 5.74) is 2.07. The second kappa shape index (κ2) is 6.73. The molecule has 0 saturated heterocycles. The molecule has 1 aliphatic rings. The van der Waals surface area contributed by atoms with Gasteiger partial charge in [-0.05, 0) is 36.1 Å². The van der Waals surface area contributed by atoms with E-state index in [4.69, 9.17) is 15.3 Å². The summed E-state index contributed by atoms with van der Waals surface area (Å²) in [4.78, 5) is 0. The van der Waals surface area contributed by atoms with Crippen LogP contribution in [0.25, 0.3) is 6.08 Å². The number of allylic oxidation sites excluding steroid dienone is 1. The lowest BCUT2D eigenvalue weighted by Crippen LogP contribution is -2.07. The first-order valence-corrected chi connectivity index (χ1v) is 6.54. The van der Waals surface area contributed by atoms with E-state index in [0.717, 1.165) is 24.0 Å². The maximum absolute atomic E-state index is 8.74. The van der Waals surface area contributed by atoms with Gasteiger partial charge in [0.05, 0.1) is 12.7 Å². The summed E-state index contributed by atoms with van der Waals surface area (Å²) in [6.07, 6.45) is 6.84. The van der Waals surface area contributed by atoms with Gasteiger partial charge in [0, 0.05) is 0 Å². The minimum absolute atomic E-state index is 0.119.